The highest BCUT2D eigenvalue weighted by Gasteiger charge is 2.20. The van der Waals surface area contributed by atoms with E-state index in [1.807, 2.05) is 6.07 Å². The van der Waals surface area contributed by atoms with E-state index in [-0.39, 0.29) is 5.91 Å². The molecule has 2 heterocycles. The summed E-state index contributed by atoms with van der Waals surface area (Å²) in [6.07, 6.45) is 3.42. The number of nitrogens with one attached hydrogen (secondary N) is 2. The van der Waals surface area contributed by atoms with Gasteiger partial charge in [0.2, 0.25) is 0 Å². The molecular weight excluding hydrogens is 324 g/mol. The van der Waals surface area contributed by atoms with Crippen LogP contribution in [0.1, 0.15) is 10.4 Å². The summed E-state index contributed by atoms with van der Waals surface area (Å²) in [5.74, 6) is 1.57. The van der Waals surface area contributed by atoms with Crippen LogP contribution in [0.15, 0.2) is 24.5 Å². The maximum absolute atomic E-state index is 12.2. The minimum Gasteiger partial charge on any atom is -0.486 e. The van der Waals surface area contributed by atoms with Crippen molar-refractivity contribution in [3.05, 3.63) is 35.1 Å². The molecule has 0 atom stereocenters. The van der Waals surface area contributed by atoms with Crippen molar-refractivity contribution in [2.75, 3.05) is 25.5 Å². The highest BCUT2D eigenvalue weighted by Crippen LogP contribution is 2.41. The monoisotopic (exact) mass is 338 g/mol. The van der Waals surface area contributed by atoms with Gasteiger partial charge in [0.1, 0.15) is 13.2 Å². The second-order valence-electron chi connectivity index (χ2n) is 4.74. The number of rotatable bonds is 4. The van der Waals surface area contributed by atoms with Crippen molar-refractivity contribution in [3.63, 3.8) is 0 Å². The molecule has 0 radical (unpaired) electrons. The molecule has 1 aromatic heterocycles. The minimum atomic E-state index is -0.156. The molecule has 1 aliphatic rings. The lowest BCUT2D eigenvalue weighted by Gasteiger charge is -2.20. The first-order valence-electron chi connectivity index (χ1n) is 6.86. The van der Waals surface area contributed by atoms with Crippen molar-refractivity contribution in [1.29, 1.82) is 0 Å². The number of thiol groups is 1. The van der Waals surface area contributed by atoms with E-state index in [4.69, 9.17) is 21.1 Å². The highest BCUT2D eigenvalue weighted by atomic mass is 35.5. The van der Waals surface area contributed by atoms with Crippen LogP contribution >= 0.6 is 24.2 Å². The molecule has 0 fully saturated rings. The molecule has 0 spiro atoms. The number of ether oxygens (including phenoxy) is 2. The maximum Gasteiger partial charge on any atom is 0.253 e. The SMILES string of the molecule is O=C(NCCS)c1c[nH]cc1-c1cc(Cl)c2c(c1)OCCO2. The summed E-state index contributed by atoms with van der Waals surface area (Å²) >= 11 is 10.3. The average molecular weight is 339 g/mol. The molecule has 0 saturated heterocycles. The molecular formula is C15H15ClN2O3S. The number of H-pyrrole nitrogens is 1. The second-order valence-corrected chi connectivity index (χ2v) is 5.60. The molecule has 116 valence electrons. The van der Waals surface area contributed by atoms with Gasteiger partial charge in [-0.2, -0.15) is 12.6 Å². The van der Waals surface area contributed by atoms with Crippen LogP contribution in [0.3, 0.4) is 0 Å². The van der Waals surface area contributed by atoms with Gasteiger partial charge in [0, 0.05) is 30.3 Å². The Morgan fingerprint density at radius 1 is 1.32 bits per heavy atom. The van der Waals surface area contributed by atoms with Crippen LogP contribution in [-0.2, 0) is 0 Å². The zero-order valence-corrected chi connectivity index (χ0v) is 13.3. The Bertz CT molecular complexity index is 702. The number of halogens is 1. The van der Waals surface area contributed by atoms with Crippen molar-refractivity contribution in [1.82, 2.24) is 10.3 Å². The zero-order valence-electron chi connectivity index (χ0n) is 11.7. The highest BCUT2D eigenvalue weighted by molar-refractivity contribution is 7.80. The van der Waals surface area contributed by atoms with Crippen molar-refractivity contribution < 1.29 is 14.3 Å². The summed E-state index contributed by atoms with van der Waals surface area (Å²) < 4.78 is 11.1. The van der Waals surface area contributed by atoms with Gasteiger partial charge in [0.05, 0.1) is 10.6 Å². The van der Waals surface area contributed by atoms with Gasteiger partial charge >= 0.3 is 0 Å². The van der Waals surface area contributed by atoms with Crippen LogP contribution < -0.4 is 14.8 Å². The van der Waals surface area contributed by atoms with Gasteiger partial charge in [-0.3, -0.25) is 4.79 Å². The van der Waals surface area contributed by atoms with Crippen molar-refractivity contribution in [3.8, 4) is 22.6 Å². The molecule has 0 aliphatic carbocycles. The molecule has 0 unspecified atom stereocenters. The summed E-state index contributed by atoms with van der Waals surface area (Å²) in [5.41, 5.74) is 2.11. The lowest BCUT2D eigenvalue weighted by Crippen LogP contribution is -2.25. The van der Waals surface area contributed by atoms with Crippen LogP contribution in [0.4, 0.5) is 0 Å². The first-order valence-corrected chi connectivity index (χ1v) is 7.87. The molecule has 22 heavy (non-hydrogen) atoms. The molecule has 1 aromatic carbocycles. The van der Waals surface area contributed by atoms with Gasteiger partial charge in [-0.15, -0.1) is 0 Å². The number of hydrogen-bond acceptors (Lipinski definition) is 4. The van der Waals surface area contributed by atoms with Gasteiger partial charge < -0.3 is 19.8 Å². The molecule has 2 aromatic rings. The number of fused-ring (bicyclic) bond motifs is 1. The Labute approximate surface area is 138 Å². The number of carbonyl (C=O) groups is 1. The van der Waals surface area contributed by atoms with E-state index in [0.29, 0.717) is 47.6 Å². The Balaban J connectivity index is 1.97. The summed E-state index contributed by atoms with van der Waals surface area (Å²) in [7, 11) is 0. The molecule has 0 bridgehead atoms. The van der Waals surface area contributed by atoms with Gasteiger partial charge in [0.15, 0.2) is 11.5 Å². The average Bonchev–Trinajstić information content (AvgIpc) is 3.02. The van der Waals surface area contributed by atoms with Crippen molar-refractivity contribution in [2.45, 2.75) is 0 Å². The molecule has 1 amide bonds. The molecule has 3 rings (SSSR count). The predicted octanol–water partition coefficient (Wildman–Crippen LogP) is 2.77. The van der Waals surface area contributed by atoms with Crippen molar-refractivity contribution >= 4 is 30.1 Å². The molecule has 2 N–H and O–H groups in total. The summed E-state index contributed by atoms with van der Waals surface area (Å²) in [4.78, 5) is 15.1. The minimum absolute atomic E-state index is 0.156. The summed E-state index contributed by atoms with van der Waals surface area (Å²) in [6, 6.07) is 3.60. The molecule has 5 nitrogen and oxygen atoms in total. The van der Waals surface area contributed by atoms with E-state index in [9.17, 15) is 4.79 Å². The Hall–Kier alpha value is -1.79. The third-order valence-corrected chi connectivity index (χ3v) is 3.80. The number of carbonyl (C=O) groups excluding carboxylic acids is 1. The standard InChI is InChI=1S/C15H15ClN2O3S/c16-12-5-9(6-13-14(12)21-3-2-20-13)10-7-17-8-11(10)15(19)18-1-4-22/h5-8,17,22H,1-4H2,(H,18,19). The first-order chi connectivity index (χ1) is 10.7. The van der Waals surface area contributed by atoms with Crippen molar-refractivity contribution in [2.24, 2.45) is 0 Å². The number of benzene rings is 1. The Kier molecular flexibility index (Phi) is 4.49. The summed E-state index contributed by atoms with van der Waals surface area (Å²) in [5, 5.41) is 3.27. The fourth-order valence-electron chi connectivity index (χ4n) is 2.32. The molecule has 0 saturated carbocycles. The first kappa shape index (κ1) is 15.1. The van der Waals surface area contributed by atoms with Crippen LogP contribution in [0, 0.1) is 0 Å². The van der Waals surface area contributed by atoms with Crippen LogP contribution in [0.5, 0.6) is 11.5 Å². The van der Waals surface area contributed by atoms with E-state index < -0.39 is 0 Å². The van der Waals surface area contributed by atoms with Crippen LogP contribution in [0.2, 0.25) is 5.02 Å². The number of hydrogen-bond donors (Lipinski definition) is 3. The quantitative estimate of drug-likeness (QED) is 0.751. The van der Waals surface area contributed by atoms with E-state index in [2.05, 4.69) is 22.9 Å². The van der Waals surface area contributed by atoms with Gasteiger partial charge in [-0.25, -0.2) is 0 Å². The van der Waals surface area contributed by atoms with E-state index >= 15 is 0 Å². The molecule has 1 aliphatic heterocycles. The van der Waals surface area contributed by atoms with Gasteiger partial charge in [-0.05, 0) is 17.7 Å². The maximum atomic E-state index is 12.2. The second kappa shape index (κ2) is 6.54. The smallest absolute Gasteiger partial charge is 0.253 e. The Morgan fingerprint density at radius 3 is 2.95 bits per heavy atom. The van der Waals surface area contributed by atoms with E-state index in [0.717, 1.165) is 11.1 Å². The normalized spacial score (nSPS) is 13.0. The molecule has 7 heteroatoms. The number of amides is 1. The van der Waals surface area contributed by atoms with E-state index in [1.165, 1.54) is 0 Å². The van der Waals surface area contributed by atoms with Gasteiger partial charge in [-0.1, -0.05) is 11.6 Å². The fraction of sp³-hybridized carbons (Fsp3) is 0.267. The predicted molar refractivity (Wildman–Crippen MR) is 88.4 cm³/mol. The Morgan fingerprint density at radius 2 is 2.14 bits per heavy atom. The topological polar surface area (TPSA) is 63.4 Å². The lowest BCUT2D eigenvalue weighted by atomic mass is 10.0. The van der Waals surface area contributed by atoms with E-state index in [1.54, 1.807) is 18.5 Å². The third-order valence-electron chi connectivity index (χ3n) is 3.30. The lowest BCUT2D eigenvalue weighted by molar-refractivity contribution is 0.0957. The fourth-order valence-corrected chi connectivity index (χ4v) is 2.70. The summed E-state index contributed by atoms with van der Waals surface area (Å²) in [6.45, 7) is 1.47. The van der Waals surface area contributed by atoms with Crippen LogP contribution in [-0.4, -0.2) is 36.4 Å². The number of aromatic nitrogens is 1. The zero-order chi connectivity index (χ0) is 15.5. The number of aromatic amines is 1. The van der Waals surface area contributed by atoms with Gasteiger partial charge in [0.25, 0.3) is 5.91 Å². The largest absolute Gasteiger partial charge is 0.486 e. The van der Waals surface area contributed by atoms with Crippen LogP contribution in [0.25, 0.3) is 11.1 Å². The third kappa shape index (κ3) is 2.89.